The van der Waals surface area contributed by atoms with E-state index in [0.717, 1.165) is 32.1 Å². The Kier molecular flexibility index (Phi) is 5.67. The summed E-state index contributed by atoms with van der Waals surface area (Å²) in [5.41, 5.74) is 0. The molecule has 18 heavy (non-hydrogen) atoms. The fourth-order valence-corrected chi connectivity index (χ4v) is 3.72. The Balaban J connectivity index is 2.07. The number of hydrogen-bond donors (Lipinski definition) is 1. The third-order valence-corrected chi connectivity index (χ3v) is 5.00. The Labute approximate surface area is 115 Å². The van der Waals surface area contributed by atoms with Crippen molar-refractivity contribution in [3.8, 4) is 0 Å². The average Bonchev–Trinajstić information content (AvgIpc) is 2.89. The summed E-state index contributed by atoms with van der Waals surface area (Å²) >= 11 is 1.98. The number of aryl methyl sites for hydroxylation is 1. The number of rotatable bonds is 6. The van der Waals surface area contributed by atoms with Crippen LogP contribution in [0.5, 0.6) is 0 Å². The van der Waals surface area contributed by atoms with Gasteiger partial charge in [0.25, 0.3) is 0 Å². The molecule has 0 aliphatic carbocycles. The van der Waals surface area contributed by atoms with Gasteiger partial charge in [-0.3, -0.25) is 0 Å². The molecule has 3 heteroatoms. The van der Waals surface area contributed by atoms with Gasteiger partial charge in [0.1, 0.15) is 0 Å². The Morgan fingerprint density at radius 2 is 2.11 bits per heavy atom. The lowest BCUT2D eigenvalue weighted by molar-refractivity contribution is 0.0540. The molecule has 0 aromatic carbocycles. The molecular formula is C15H25NOS. The number of ether oxygens (including phenoxy) is 1. The van der Waals surface area contributed by atoms with Gasteiger partial charge in [0.2, 0.25) is 0 Å². The van der Waals surface area contributed by atoms with Gasteiger partial charge in [0, 0.05) is 29.0 Å². The second kappa shape index (κ2) is 7.27. The summed E-state index contributed by atoms with van der Waals surface area (Å²) in [7, 11) is 0. The van der Waals surface area contributed by atoms with Crippen LogP contribution in [0.3, 0.4) is 0 Å². The van der Waals surface area contributed by atoms with Crippen LogP contribution in [0, 0.1) is 5.92 Å². The van der Waals surface area contributed by atoms with Crippen molar-refractivity contribution in [2.24, 2.45) is 5.92 Å². The van der Waals surface area contributed by atoms with Gasteiger partial charge in [-0.1, -0.05) is 13.8 Å². The Morgan fingerprint density at radius 1 is 1.33 bits per heavy atom. The van der Waals surface area contributed by atoms with Crippen molar-refractivity contribution in [3.05, 3.63) is 21.9 Å². The Morgan fingerprint density at radius 3 is 2.72 bits per heavy atom. The summed E-state index contributed by atoms with van der Waals surface area (Å²) in [5, 5.41) is 3.75. The minimum absolute atomic E-state index is 0.541. The highest BCUT2D eigenvalue weighted by atomic mass is 32.1. The van der Waals surface area contributed by atoms with E-state index in [1.165, 1.54) is 29.0 Å². The fourth-order valence-electron chi connectivity index (χ4n) is 2.60. The van der Waals surface area contributed by atoms with E-state index in [0.29, 0.717) is 6.04 Å². The molecule has 0 saturated carbocycles. The first-order valence-electron chi connectivity index (χ1n) is 7.24. The topological polar surface area (TPSA) is 21.3 Å². The highest BCUT2D eigenvalue weighted by Crippen LogP contribution is 2.34. The summed E-state index contributed by atoms with van der Waals surface area (Å²) in [5.74, 6) is 0.744. The van der Waals surface area contributed by atoms with Gasteiger partial charge in [-0.05, 0) is 50.3 Å². The molecule has 1 N–H and O–H groups in total. The number of nitrogens with one attached hydrogen (secondary N) is 1. The smallest absolute Gasteiger partial charge is 0.0469 e. The first-order chi connectivity index (χ1) is 8.85. The summed E-state index contributed by atoms with van der Waals surface area (Å²) in [4.78, 5) is 3.02. The lowest BCUT2D eigenvalue weighted by Crippen LogP contribution is -2.32. The van der Waals surface area contributed by atoms with Crippen LogP contribution in [-0.4, -0.2) is 19.8 Å². The molecule has 1 aromatic heterocycles. The molecule has 0 bridgehead atoms. The molecule has 2 heterocycles. The van der Waals surface area contributed by atoms with Crippen molar-refractivity contribution in [2.45, 2.75) is 45.6 Å². The van der Waals surface area contributed by atoms with Gasteiger partial charge in [0.15, 0.2) is 0 Å². The maximum atomic E-state index is 5.49. The van der Waals surface area contributed by atoms with Gasteiger partial charge in [-0.15, -0.1) is 11.3 Å². The predicted molar refractivity (Wildman–Crippen MR) is 78.3 cm³/mol. The third-order valence-electron chi connectivity index (χ3n) is 3.69. The van der Waals surface area contributed by atoms with Crippen LogP contribution >= 0.6 is 11.3 Å². The van der Waals surface area contributed by atoms with Crippen molar-refractivity contribution < 1.29 is 4.74 Å². The summed E-state index contributed by atoms with van der Waals surface area (Å²) in [6.45, 7) is 7.45. The molecule has 1 fully saturated rings. The summed E-state index contributed by atoms with van der Waals surface area (Å²) < 4.78 is 5.49. The third kappa shape index (κ3) is 3.56. The van der Waals surface area contributed by atoms with Crippen LogP contribution in [0.25, 0.3) is 0 Å². The second-order valence-corrected chi connectivity index (χ2v) is 6.24. The van der Waals surface area contributed by atoms with Gasteiger partial charge in [0.05, 0.1) is 0 Å². The zero-order valence-corrected chi connectivity index (χ0v) is 12.4. The van der Waals surface area contributed by atoms with Gasteiger partial charge >= 0.3 is 0 Å². The van der Waals surface area contributed by atoms with E-state index in [-0.39, 0.29) is 0 Å². The zero-order chi connectivity index (χ0) is 12.8. The Hall–Kier alpha value is -0.380. The number of hydrogen-bond acceptors (Lipinski definition) is 3. The van der Waals surface area contributed by atoms with Crippen molar-refractivity contribution in [3.63, 3.8) is 0 Å². The minimum atomic E-state index is 0.541. The first kappa shape index (κ1) is 14.0. The highest BCUT2D eigenvalue weighted by molar-refractivity contribution is 7.12. The van der Waals surface area contributed by atoms with Crippen LogP contribution in [0.2, 0.25) is 0 Å². The average molecular weight is 267 g/mol. The van der Waals surface area contributed by atoms with E-state index >= 15 is 0 Å². The van der Waals surface area contributed by atoms with E-state index in [1.54, 1.807) is 0 Å². The van der Waals surface area contributed by atoms with Crippen molar-refractivity contribution in [2.75, 3.05) is 19.8 Å². The molecule has 1 saturated heterocycles. The molecule has 0 amide bonds. The minimum Gasteiger partial charge on any atom is -0.381 e. The van der Waals surface area contributed by atoms with Crippen molar-refractivity contribution in [1.29, 1.82) is 0 Å². The van der Waals surface area contributed by atoms with Gasteiger partial charge in [-0.25, -0.2) is 0 Å². The fraction of sp³-hybridized carbons (Fsp3) is 0.733. The van der Waals surface area contributed by atoms with E-state index in [4.69, 9.17) is 4.74 Å². The molecule has 0 radical (unpaired) electrons. The first-order valence-corrected chi connectivity index (χ1v) is 8.06. The highest BCUT2D eigenvalue weighted by Gasteiger charge is 2.25. The summed E-state index contributed by atoms with van der Waals surface area (Å²) in [6, 6.07) is 5.16. The van der Waals surface area contributed by atoms with Crippen LogP contribution in [-0.2, 0) is 11.2 Å². The second-order valence-electron chi connectivity index (χ2n) is 5.04. The molecular weight excluding hydrogens is 242 g/mol. The molecule has 2 nitrogen and oxygen atoms in total. The Bertz CT molecular complexity index is 344. The lowest BCUT2D eigenvalue weighted by Gasteiger charge is -2.30. The van der Waals surface area contributed by atoms with E-state index in [1.807, 2.05) is 11.3 Å². The van der Waals surface area contributed by atoms with Crippen LogP contribution < -0.4 is 5.32 Å². The maximum Gasteiger partial charge on any atom is 0.0469 e. The molecule has 102 valence electrons. The van der Waals surface area contributed by atoms with Crippen LogP contribution in [0.4, 0.5) is 0 Å². The van der Waals surface area contributed by atoms with Gasteiger partial charge in [-0.2, -0.15) is 0 Å². The number of thiophene rings is 1. The standard InChI is InChI=1S/C15H25NOS/c1-3-9-16-15(12-7-10-17-11-8-12)14-6-5-13(4-2)18-14/h5-6,12,15-16H,3-4,7-11H2,1-2H3. The molecule has 1 aromatic rings. The maximum absolute atomic E-state index is 5.49. The predicted octanol–water partition coefficient (Wildman–Crippen LogP) is 3.78. The van der Waals surface area contributed by atoms with Crippen LogP contribution in [0.15, 0.2) is 12.1 Å². The van der Waals surface area contributed by atoms with Gasteiger partial charge < -0.3 is 10.1 Å². The monoisotopic (exact) mass is 267 g/mol. The molecule has 0 spiro atoms. The van der Waals surface area contributed by atoms with E-state index in [2.05, 4.69) is 31.3 Å². The van der Waals surface area contributed by atoms with E-state index < -0.39 is 0 Å². The van der Waals surface area contributed by atoms with Crippen molar-refractivity contribution >= 4 is 11.3 Å². The molecule has 1 aliphatic rings. The largest absolute Gasteiger partial charge is 0.381 e. The molecule has 1 unspecified atom stereocenters. The normalized spacial score (nSPS) is 19.0. The van der Waals surface area contributed by atoms with Crippen LogP contribution in [0.1, 0.15) is 48.9 Å². The quantitative estimate of drug-likeness (QED) is 0.847. The molecule has 1 atom stereocenters. The molecule has 2 rings (SSSR count). The summed E-state index contributed by atoms with van der Waals surface area (Å²) in [6.07, 6.45) is 4.74. The van der Waals surface area contributed by atoms with E-state index in [9.17, 15) is 0 Å². The molecule has 1 aliphatic heterocycles. The SMILES string of the molecule is CCCNC(c1ccc(CC)s1)C1CCOCC1. The lowest BCUT2D eigenvalue weighted by atomic mass is 9.90. The zero-order valence-electron chi connectivity index (χ0n) is 11.6. The van der Waals surface area contributed by atoms with Crippen molar-refractivity contribution in [1.82, 2.24) is 5.32 Å².